The fourth-order valence-corrected chi connectivity index (χ4v) is 4.09. The number of aromatic nitrogens is 4. The lowest BCUT2D eigenvalue weighted by molar-refractivity contribution is -0.137. The van der Waals surface area contributed by atoms with Gasteiger partial charge in [-0.2, -0.15) is 0 Å². The minimum Gasteiger partial charge on any atom is -0.370 e. The van der Waals surface area contributed by atoms with Crippen molar-refractivity contribution in [1.29, 1.82) is 0 Å². The maximum atomic E-state index is 12.6. The normalized spacial score (nSPS) is 14.3. The summed E-state index contributed by atoms with van der Waals surface area (Å²) < 4.78 is 7.54. The van der Waals surface area contributed by atoms with Crippen LogP contribution in [0.5, 0.6) is 0 Å². The van der Waals surface area contributed by atoms with E-state index in [2.05, 4.69) is 26.4 Å². The second-order valence-corrected chi connectivity index (χ2v) is 8.26. The zero-order valence-corrected chi connectivity index (χ0v) is 19.3. The van der Waals surface area contributed by atoms with Crippen LogP contribution in [0.1, 0.15) is 29.0 Å². The van der Waals surface area contributed by atoms with Crippen LogP contribution >= 0.6 is 0 Å². The molecule has 2 amide bonds. The number of carbonyl (C=O) groups is 2. The number of hydrogen-bond donors (Lipinski definition) is 1. The van der Waals surface area contributed by atoms with Crippen molar-refractivity contribution in [1.82, 2.24) is 24.4 Å². The molecule has 0 spiro atoms. The highest BCUT2D eigenvalue weighted by atomic mass is 16.5. The van der Waals surface area contributed by atoms with Crippen LogP contribution < -0.4 is 10.6 Å². The van der Waals surface area contributed by atoms with Gasteiger partial charge in [0.25, 0.3) is 5.91 Å². The summed E-state index contributed by atoms with van der Waals surface area (Å²) in [6, 6.07) is 5.50. The lowest BCUT2D eigenvalue weighted by atomic mass is 10.0. The zero-order chi connectivity index (χ0) is 24.1. The first-order valence-electron chi connectivity index (χ1n) is 11.2. The number of primary amides is 1. The van der Waals surface area contributed by atoms with E-state index < -0.39 is 5.91 Å². The van der Waals surface area contributed by atoms with E-state index in [4.69, 9.17) is 10.5 Å². The monoisotopic (exact) mass is 463 g/mol. The molecule has 0 atom stereocenters. The number of rotatable bonds is 9. The topological polar surface area (TPSA) is 119 Å². The van der Waals surface area contributed by atoms with Crippen molar-refractivity contribution >= 4 is 34.7 Å². The van der Waals surface area contributed by atoms with Crippen molar-refractivity contribution in [3.05, 3.63) is 54.8 Å². The molecule has 10 heteroatoms. The highest BCUT2D eigenvalue weighted by Crippen LogP contribution is 2.20. The van der Waals surface area contributed by atoms with E-state index in [9.17, 15) is 9.59 Å². The molecular weight excluding hydrogens is 434 g/mol. The number of amides is 2. The highest BCUT2D eigenvalue weighted by molar-refractivity contribution is 5.93. The fourth-order valence-electron chi connectivity index (χ4n) is 4.09. The van der Waals surface area contributed by atoms with Gasteiger partial charge in [-0.3, -0.25) is 14.6 Å². The van der Waals surface area contributed by atoms with Crippen molar-refractivity contribution < 1.29 is 14.3 Å². The van der Waals surface area contributed by atoms with Crippen LogP contribution in [0, 0.1) is 0 Å². The number of pyridine rings is 1. The predicted molar refractivity (Wildman–Crippen MR) is 129 cm³/mol. The Morgan fingerprint density at radius 2 is 2.03 bits per heavy atom. The average Bonchev–Trinajstić information content (AvgIpc) is 3.28. The van der Waals surface area contributed by atoms with Crippen LogP contribution in [-0.4, -0.2) is 75.6 Å². The van der Waals surface area contributed by atoms with Crippen molar-refractivity contribution in [3.63, 3.8) is 0 Å². The maximum absolute atomic E-state index is 12.6. The van der Waals surface area contributed by atoms with Crippen LogP contribution in [0.2, 0.25) is 0 Å². The van der Waals surface area contributed by atoms with E-state index in [1.807, 2.05) is 29.9 Å². The smallest absolute Gasteiger partial charge is 0.267 e. The van der Waals surface area contributed by atoms with Gasteiger partial charge in [0.1, 0.15) is 23.8 Å². The van der Waals surface area contributed by atoms with Crippen molar-refractivity contribution in [2.45, 2.75) is 25.4 Å². The molecule has 0 aliphatic carbocycles. The van der Waals surface area contributed by atoms with Gasteiger partial charge in [0.15, 0.2) is 0 Å². The number of nitrogens with zero attached hydrogens (tertiary/aromatic N) is 6. The predicted octanol–water partition coefficient (Wildman–Crippen LogP) is 1.71. The Morgan fingerprint density at radius 1 is 1.24 bits per heavy atom. The Hall–Kier alpha value is -3.79. The zero-order valence-electron chi connectivity index (χ0n) is 19.3. The first-order chi connectivity index (χ1) is 16.5. The number of hydrogen-bond acceptors (Lipinski definition) is 7. The van der Waals surface area contributed by atoms with Crippen LogP contribution in [-0.2, 0) is 16.1 Å². The van der Waals surface area contributed by atoms with E-state index in [1.54, 1.807) is 29.4 Å². The van der Waals surface area contributed by atoms with E-state index in [-0.39, 0.29) is 24.2 Å². The van der Waals surface area contributed by atoms with Gasteiger partial charge in [-0.15, -0.1) is 0 Å². The number of carbonyl (C=O) groups excluding carboxylic acids is 2. The standard InChI is InChI=1S/C24H29N7O3/c1-3-18-14-27-21(15-26-18)30-10-7-19(8-11-30)29(2)22(32)16-34-13-12-31-9-6-17-4-5-20(23(25)33)28-24(17)31/h3-6,9,14-15,19H,1,7-8,10-13,16H2,2H3,(H2,25,33). The third-order valence-corrected chi connectivity index (χ3v) is 6.16. The van der Waals surface area contributed by atoms with Gasteiger partial charge in [0, 0.05) is 44.3 Å². The highest BCUT2D eigenvalue weighted by Gasteiger charge is 2.26. The maximum Gasteiger partial charge on any atom is 0.267 e. The van der Waals surface area contributed by atoms with Crippen molar-refractivity contribution in [2.75, 3.05) is 38.3 Å². The molecule has 1 aliphatic rings. The Balaban J connectivity index is 1.22. The van der Waals surface area contributed by atoms with Gasteiger partial charge in [0.2, 0.25) is 5.91 Å². The van der Waals surface area contributed by atoms with Crippen molar-refractivity contribution in [2.24, 2.45) is 5.73 Å². The van der Waals surface area contributed by atoms with Crippen LogP contribution in [0.4, 0.5) is 5.82 Å². The molecule has 1 aliphatic heterocycles. The molecule has 10 nitrogen and oxygen atoms in total. The summed E-state index contributed by atoms with van der Waals surface area (Å²) in [6.07, 6.45) is 8.74. The number of ether oxygens (including phenoxy) is 1. The summed E-state index contributed by atoms with van der Waals surface area (Å²) >= 11 is 0. The van der Waals surface area contributed by atoms with E-state index in [1.165, 1.54) is 0 Å². The number of nitrogens with two attached hydrogens (primary N) is 1. The molecule has 0 aromatic carbocycles. The number of piperidine rings is 1. The molecule has 0 saturated carbocycles. The summed E-state index contributed by atoms with van der Waals surface area (Å²) in [5.74, 6) is 0.236. The number of likely N-dealkylation sites (N-methyl/N-ethyl adjacent to an activating group) is 1. The molecule has 178 valence electrons. The summed E-state index contributed by atoms with van der Waals surface area (Å²) in [4.78, 5) is 41.1. The molecule has 3 aromatic heterocycles. The van der Waals surface area contributed by atoms with Gasteiger partial charge in [0.05, 0.1) is 24.7 Å². The minimum absolute atomic E-state index is 0.0182. The molecule has 4 rings (SSSR count). The van der Waals surface area contributed by atoms with Crippen LogP contribution in [0.25, 0.3) is 17.1 Å². The Kier molecular flexibility index (Phi) is 7.17. The number of fused-ring (bicyclic) bond motifs is 1. The molecule has 3 aromatic rings. The molecule has 1 fully saturated rings. The molecule has 0 radical (unpaired) electrons. The fraction of sp³-hybridized carbons (Fsp3) is 0.375. The first kappa shape index (κ1) is 23.4. The molecule has 0 bridgehead atoms. The second kappa shape index (κ2) is 10.4. The molecular formula is C24H29N7O3. The van der Waals surface area contributed by atoms with E-state index >= 15 is 0 Å². The molecule has 0 unspecified atom stereocenters. The van der Waals surface area contributed by atoms with Crippen LogP contribution in [0.3, 0.4) is 0 Å². The summed E-state index contributed by atoms with van der Waals surface area (Å²) in [7, 11) is 1.83. The molecule has 1 saturated heterocycles. The van der Waals surface area contributed by atoms with Gasteiger partial charge in [-0.05, 0) is 37.1 Å². The van der Waals surface area contributed by atoms with Gasteiger partial charge < -0.3 is 24.8 Å². The molecule has 2 N–H and O–H groups in total. The molecule has 4 heterocycles. The summed E-state index contributed by atoms with van der Waals surface area (Å²) in [5.41, 5.74) is 6.96. The SMILES string of the molecule is C=Cc1cnc(N2CCC(N(C)C(=O)COCCn3ccc4ccc(C(N)=O)nc43)CC2)cn1. The van der Waals surface area contributed by atoms with Gasteiger partial charge in [-0.1, -0.05) is 6.58 Å². The Labute approximate surface area is 198 Å². The van der Waals surface area contributed by atoms with Crippen molar-refractivity contribution in [3.8, 4) is 0 Å². The van der Waals surface area contributed by atoms with Crippen LogP contribution in [0.15, 0.2) is 43.4 Å². The first-order valence-corrected chi connectivity index (χ1v) is 11.2. The van der Waals surface area contributed by atoms with E-state index in [0.717, 1.165) is 42.8 Å². The number of anilines is 1. The minimum atomic E-state index is -0.566. The van der Waals surface area contributed by atoms with Gasteiger partial charge in [-0.25, -0.2) is 9.97 Å². The Bertz CT molecular complexity index is 1170. The second-order valence-electron chi connectivity index (χ2n) is 8.26. The van der Waals surface area contributed by atoms with Gasteiger partial charge >= 0.3 is 0 Å². The lowest BCUT2D eigenvalue weighted by Crippen LogP contribution is -2.47. The summed E-state index contributed by atoms with van der Waals surface area (Å²) in [6.45, 7) is 6.20. The van der Waals surface area contributed by atoms with E-state index in [0.29, 0.717) is 18.8 Å². The quantitative estimate of drug-likeness (QED) is 0.480. The summed E-state index contributed by atoms with van der Waals surface area (Å²) in [5, 5.41) is 0.912. The molecule has 34 heavy (non-hydrogen) atoms. The largest absolute Gasteiger partial charge is 0.370 e. The third-order valence-electron chi connectivity index (χ3n) is 6.16. The Morgan fingerprint density at radius 3 is 2.71 bits per heavy atom. The average molecular weight is 464 g/mol. The third kappa shape index (κ3) is 5.23. The lowest BCUT2D eigenvalue weighted by Gasteiger charge is -2.37.